The number of rotatable bonds is 1. The lowest BCUT2D eigenvalue weighted by Crippen LogP contribution is -2.19. The summed E-state index contributed by atoms with van der Waals surface area (Å²) in [5, 5.41) is 0. The predicted molar refractivity (Wildman–Crippen MR) is 34.2 cm³/mol. The van der Waals surface area contributed by atoms with Gasteiger partial charge in [0, 0.05) is 0 Å². The lowest BCUT2D eigenvalue weighted by atomic mass is 10.1. The fourth-order valence-electron chi connectivity index (χ4n) is 1.10. The van der Waals surface area contributed by atoms with Crippen LogP contribution in [0, 0.1) is 0 Å². The van der Waals surface area contributed by atoms with Gasteiger partial charge in [-0.25, -0.2) is 0 Å². The van der Waals surface area contributed by atoms with Crippen molar-refractivity contribution in [1.29, 1.82) is 0 Å². The first-order valence-electron chi connectivity index (χ1n) is 3.16. The Morgan fingerprint density at radius 3 is 2.14 bits per heavy atom. The van der Waals surface area contributed by atoms with Crippen molar-refractivity contribution in [3.05, 3.63) is 0 Å². The van der Waals surface area contributed by atoms with Gasteiger partial charge >= 0.3 is 0 Å². The fourth-order valence-corrected chi connectivity index (χ4v) is 1.10. The first-order chi connectivity index (χ1) is 3.43. The summed E-state index contributed by atoms with van der Waals surface area (Å²) in [6.45, 7) is 2.69. The van der Waals surface area contributed by atoms with Gasteiger partial charge in [-0.15, -0.1) is 0 Å². The van der Waals surface area contributed by atoms with E-state index in [2.05, 4.69) is 12.7 Å². The Hall–Kier alpha value is 0.0249. The monoisotopic (exact) mass is 97.1 g/mol. The molecular formula is C5H12BN. The van der Waals surface area contributed by atoms with Crippen LogP contribution < -0.4 is 0 Å². The van der Waals surface area contributed by atoms with E-state index in [1.54, 1.807) is 0 Å². The summed E-state index contributed by atoms with van der Waals surface area (Å²) >= 11 is 0. The Balaban J connectivity index is 2.14. The zero-order valence-electron chi connectivity index (χ0n) is 4.98. The van der Waals surface area contributed by atoms with E-state index in [1.165, 1.54) is 32.4 Å². The highest BCUT2D eigenvalue weighted by molar-refractivity contribution is 6.08. The van der Waals surface area contributed by atoms with Gasteiger partial charge in [0.25, 0.3) is 0 Å². The highest BCUT2D eigenvalue weighted by Gasteiger charge is 2.06. The van der Waals surface area contributed by atoms with E-state index in [-0.39, 0.29) is 0 Å². The quantitative estimate of drug-likeness (QED) is 0.405. The molecule has 0 aliphatic carbocycles. The Morgan fingerprint density at radius 1 is 1.29 bits per heavy atom. The van der Waals surface area contributed by atoms with E-state index in [4.69, 9.17) is 0 Å². The zero-order valence-corrected chi connectivity index (χ0v) is 4.98. The molecule has 1 fully saturated rings. The lowest BCUT2D eigenvalue weighted by molar-refractivity contribution is 0.397. The maximum atomic E-state index is 2.49. The number of nitrogens with zero attached hydrogens (tertiary/aromatic N) is 1. The van der Waals surface area contributed by atoms with Crippen molar-refractivity contribution in [3.8, 4) is 0 Å². The summed E-state index contributed by atoms with van der Waals surface area (Å²) < 4.78 is 0. The second-order valence-electron chi connectivity index (χ2n) is 2.14. The molecule has 0 bridgehead atoms. The van der Waals surface area contributed by atoms with E-state index < -0.39 is 0 Å². The van der Waals surface area contributed by atoms with Gasteiger partial charge in [0.05, 0.1) is 0 Å². The zero-order chi connectivity index (χ0) is 5.11. The molecule has 0 N–H and O–H groups in total. The van der Waals surface area contributed by atoms with Crippen LogP contribution in [0.1, 0.15) is 12.8 Å². The minimum atomic E-state index is 1.25. The Kier molecular flexibility index (Phi) is 1.74. The molecule has 1 aliphatic heterocycles. The molecular weight excluding hydrogens is 84.9 g/mol. The van der Waals surface area contributed by atoms with Crippen molar-refractivity contribution in [2.24, 2.45) is 0 Å². The molecule has 40 valence electrons. The predicted octanol–water partition coefficient (Wildman–Crippen LogP) is -0.327. The second-order valence-corrected chi connectivity index (χ2v) is 2.14. The molecule has 1 aliphatic rings. The van der Waals surface area contributed by atoms with Crippen LogP contribution in [-0.4, -0.2) is 32.3 Å². The Bertz CT molecular complexity index is 50.0. The topological polar surface area (TPSA) is 3.24 Å². The van der Waals surface area contributed by atoms with Crippen molar-refractivity contribution < 1.29 is 0 Å². The molecule has 2 heteroatoms. The molecule has 7 heavy (non-hydrogen) atoms. The van der Waals surface area contributed by atoms with Crippen LogP contribution in [0.3, 0.4) is 0 Å². The Labute approximate surface area is 46.1 Å². The average Bonchev–Trinajstić information content (AvgIpc) is 2.14. The molecule has 1 rings (SSSR count). The van der Waals surface area contributed by atoms with Gasteiger partial charge in [-0.3, -0.25) is 0 Å². The maximum absolute atomic E-state index is 2.49. The molecule has 1 nitrogen and oxygen atoms in total. The highest BCUT2D eigenvalue weighted by atomic mass is 15.1. The summed E-state index contributed by atoms with van der Waals surface area (Å²) in [5.74, 6) is 0. The van der Waals surface area contributed by atoms with Gasteiger partial charge in [0.15, 0.2) is 0 Å². The van der Waals surface area contributed by atoms with E-state index in [0.717, 1.165) is 0 Å². The van der Waals surface area contributed by atoms with Crippen LogP contribution in [0.4, 0.5) is 0 Å². The first-order valence-corrected chi connectivity index (χ1v) is 3.16. The minimum Gasteiger partial charge on any atom is -0.311 e. The summed E-state index contributed by atoms with van der Waals surface area (Å²) in [6.07, 6.45) is 4.10. The molecule has 0 saturated carbocycles. The van der Waals surface area contributed by atoms with Crippen molar-refractivity contribution in [3.63, 3.8) is 0 Å². The van der Waals surface area contributed by atoms with Gasteiger partial charge < -0.3 is 4.90 Å². The van der Waals surface area contributed by atoms with Crippen molar-refractivity contribution in [1.82, 2.24) is 4.90 Å². The number of likely N-dealkylation sites (tertiary alicyclic amines) is 1. The van der Waals surface area contributed by atoms with Gasteiger partial charge in [-0.1, -0.05) is 0 Å². The molecule has 0 radical (unpaired) electrons. The van der Waals surface area contributed by atoms with Gasteiger partial charge in [0.1, 0.15) is 7.85 Å². The summed E-state index contributed by atoms with van der Waals surface area (Å²) in [5.41, 5.74) is 0. The minimum absolute atomic E-state index is 1.25. The van der Waals surface area contributed by atoms with Crippen molar-refractivity contribution >= 4 is 7.85 Å². The highest BCUT2D eigenvalue weighted by Crippen LogP contribution is 2.04. The van der Waals surface area contributed by atoms with Gasteiger partial charge in [-0.05, 0) is 32.4 Å². The summed E-state index contributed by atoms with van der Waals surface area (Å²) in [7, 11) is 2.23. The Morgan fingerprint density at radius 2 is 1.86 bits per heavy atom. The lowest BCUT2D eigenvalue weighted by Gasteiger charge is -2.08. The van der Waals surface area contributed by atoms with E-state index in [9.17, 15) is 0 Å². The van der Waals surface area contributed by atoms with E-state index in [0.29, 0.717) is 0 Å². The third-order valence-corrected chi connectivity index (χ3v) is 1.65. The molecule has 0 aromatic heterocycles. The molecule has 1 saturated heterocycles. The van der Waals surface area contributed by atoms with Gasteiger partial charge in [0.2, 0.25) is 0 Å². The SMILES string of the molecule is BCN1CCCC1. The largest absolute Gasteiger partial charge is 0.311 e. The van der Waals surface area contributed by atoms with Gasteiger partial charge in [-0.2, -0.15) is 0 Å². The number of hydrogen-bond donors (Lipinski definition) is 0. The third-order valence-electron chi connectivity index (χ3n) is 1.65. The summed E-state index contributed by atoms with van der Waals surface area (Å²) in [6, 6.07) is 0. The fraction of sp³-hybridized carbons (Fsp3) is 1.00. The average molecular weight is 97.0 g/mol. The molecule has 0 amide bonds. The number of hydrogen-bond acceptors (Lipinski definition) is 1. The smallest absolute Gasteiger partial charge is 0.119 e. The molecule has 0 atom stereocenters. The van der Waals surface area contributed by atoms with Crippen molar-refractivity contribution in [2.75, 3.05) is 19.5 Å². The van der Waals surface area contributed by atoms with Crippen LogP contribution in [0.5, 0.6) is 0 Å². The molecule has 0 aromatic rings. The summed E-state index contributed by atoms with van der Waals surface area (Å²) in [4.78, 5) is 2.49. The normalized spacial score (nSPS) is 23.4. The third kappa shape index (κ3) is 1.20. The second kappa shape index (κ2) is 2.36. The molecule has 0 aromatic carbocycles. The maximum Gasteiger partial charge on any atom is 0.119 e. The van der Waals surface area contributed by atoms with E-state index in [1.807, 2.05) is 0 Å². The van der Waals surface area contributed by atoms with Crippen LogP contribution in [-0.2, 0) is 0 Å². The van der Waals surface area contributed by atoms with Crippen LogP contribution in [0.15, 0.2) is 0 Å². The molecule has 1 heterocycles. The van der Waals surface area contributed by atoms with Crippen molar-refractivity contribution in [2.45, 2.75) is 12.8 Å². The molecule has 0 spiro atoms. The van der Waals surface area contributed by atoms with Crippen LogP contribution >= 0.6 is 0 Å². The first kappa shape index (κ1) is 5.17. The standard InChI is InChI=1S/C5H12BN/c6-5-7-3-1-2-4-7/h1-6H2. The molecule has 0 unspecified atom stereocenters. The van der Waals surface area contributed by atoms with Crippen LogP contribution in [0.2, 0.25) is 0 Å². The van der Waals surface area contributed by atoms with E-state index >= 15 is 0 Å². The van der Waals surface area contributed by atoms with Crippen LogP contribution in [0.25, 0.3) is 0 Å².